The van der Waals surface area contributed by atoms with E-state index in [1.807, 2.05) is 13.0 Å². The van der Waals surface area contributed by atoms with Gasteiger partial charge in [0.25, 0.3) is 5.91 Å². The number of nitrogens with zero attached hydrogens (tertiary/aromatic N) is 2. The zero-order valence-corrected chi connectivity index (χ0v) is 14.8. The molecule has 1 heterocycles. The van der Waals surface area contributed by atoms with E-state index in [0.29, 0.717) is 5.52 Å². The van der Waals surface area contributed by atoms with E-state index in [2.05, 4.69) is 4.99 Å². The number of carbonyl (C=O) groups is 2. The first-order chi connectivity index (χ1) is 12.6. The van der Waals surface area contributed by atoms with Crippen LogP contribution in [0.15, 0.2) is 47.5 Å². The number of hydrogen-bond acceptors (Lipinski definition) is 3. The lowest BCUT2D eigenvalue weighted by Gasteiger charge is -2.06. The predicted molar refractivity (Wildman–Crippen MR) is 93.5 cm³/mol. The molecule has 0 unspecified atom stereocenters. The maximum atomic E-state index is 12.8. The van der Waals surface area contributed by atoms with Crippen LogP contribution >= 0.6 is 11.3 Å². The molecule has 0 aliphatic carbocycles. The van der Waals surface area contributed by atoms with Crippen LogP contribution in [-0.2, 0) is 17.5 Å². The molecule has 27 heavy (non-hydrogen) atoms. The van der Waals surface area contributed by atoms with Crippen LogP contribution < -0.4 is 4.80 Å². The predicted octanol–water partition coefficient (Wildman–Crippen LogP) is 3.86. The molecule has 9 heteroatoms. The first-order valence-electron chi connectivity index (χ1n) is 7.73. The van der Waals surface area contributed by atoms with Crippen molar-refractivity contribution in [1.29, 1.82) is 0 Å². The summed E-state index contributed by atoms with van der Waals surface area (Å²) in [6.45, 7) is 1.42. The Hall–Kier alpha value is -2.94. The lowest BCUT2D eigenvalue weighted by molar-refractivity contribution is -0.138. The molecular formula is C18H13F3N2O3S. The average molecular weight is 394 g/mol. The Kier molecular flexibility index (Phi) is 4.88. The van der Waals surface area contributed by atoms with Gasteiger partial charge in [-0.25, -0.2) is 0 Å². The second kappa shape index (κ2) is 6.99. The number of halogens is 3. The summed E-state index contributed by atoms with van der Waals surface area (Å²) < 4.78 is 40.6. The fourth-order valence-electron chi connectivity index (χ4n) is 2.53. The van der Waals surface area contributed by atoms with Crippen LogP contribution in [0.2, 0.25) is 0 Å². The highest BCUT2D eigenvalue weighted by molar-refractivity contribution is 7.16. The van der Waals surface area contributed by atoms with Gasteiger partial charge in [-0.1, -0.05) is 23.5 Å². The van der Waals surface area contributed by atoms with E-state index in [0.717, 1.165) is 39.8 Å². The fourth-order valence-corrected chi connectivity index (χ4v) is 3.54. The first kappa shape index (κ1) is 18.8. The number of fused-ring (bicyclic) bond motifs is 1. The van der Waals surface area contributed by atoms with Gasteiger partial charge in [-0.3, -0.25) is 9.59 Å². The number of aromatic nitrogens is 1. The Balaban J connectivity index is 2.12. The van der Waals surface area contributed by atoms with Crippen LogP contribution in [0, 0.1) is 6.92 Å². The molecule has 0 saturated heterocycles. The summed E-state index contributed by atoms with van der Waals surface area (Å²) in [6, 6.07) is 9.34. The normalized spacial score (nSPS) is 12.5. The van der Waals surface area contributed by atoms with Gasteiger partial charge >= 0.3 is 12.1 Å². The summed E-state index contributed by atoms with van der Waals surface area (Å²) in [5.41, 5.74) is 0.322. The van der Waals surface area contributed by atoms with Crippen molar-refractivity contribution in [3.05, 3.63) is 64.0 Å². The van der Waals surface area contributed by atoms with Gasteiger partial charge in [0.15, 0.2) is 4.80 Å². The van der Waals surface area contributed by atoms with Crippen molar-refractivity contribution in [3.8, 4) is 0 Å². The number of hydrogen-bond donors (Lipinski definition) is 1. The number of benzene rings is 2. The van der Waals surface area contributed by atoms with Crippen molar-refractivity contribution in [2.75, 3.05) is 0 Å². The number of thiazole rings is 1. The molecule has 140 valence electrons. The van der Waals surface area contributed by atoms with Crippen LogP contribution in [0.3, 0.4) is 0 Å². The largest absolute Gasteiger partial charge is 0.480 e. The third-order valence-corrected chi connectivity index (χ3v) is 4.82. The summed E-state index contributed by atoms with van der Waals surface area (Å²) in [5, 5.41) is 9.15. The summed E-state index contributed by atoms with van der Waals surface area (Å²) in [6.07, 6.45) is -4.57. The molecule has 0 atom stereocenters. The molecule has 0 aliphatic heterocycles. The van der Waals surface area contributed by atoms with Gasteiger partial charge in [0.2, 0.25) is 0 Å². The van der Waals surface area contributed by atoms with Crippen LogP contribution in [-0.4, -0.2) is 21.6 Å². The summed E-state index contributed by atoms with van der Waals surface area (Å²) in [5.74, 6) is -1.99. The highest BCUT2D eigenvalue weighted by Crippen LogP contribution is 2.29. The van der Waals surface area contributed by atoms with Crippen LogP contribution in [0.1, 0.15) is 21.5 Å². The molecule has 0 fully saturated rings. The minimum absolute atomic E-state index is 0.111. The molecule has 0 spiro atoms. The van der Waals surface area contributed by atoms with Gasteiger partial charge in [0, 0.05) is 5.56 Å². The first-order valence-corrected chi connectivity index (χ1v) is 8.55. The lowest BCUT2D eigenvalue weighted by atomic mass is 10.1. The van der Waals surface area contributed by atoms with Gasteiger partial charge in [-0.2, -0.15) is 18.2 Å². The van der Waals surface area contributed by atoms with Crippen molar-refractivity contribution in [2.24, 2.45) is 4.99 Å². The SMILES string of the molecule is Cc1ccc2s/c(=N\C(=O)c3cccc(C(F)(F)F)c3)n(CC(=O)O)c2c1. The van der Waals surface area contributed by atoms with Crippen molar-refractivity contribution >= 4 is 33.4 Å². The number of carboxylic acids is 1. The van der Waals surface area contributed by atoms with Crippen LogP contribution in [0.4, 0.5) is 13.2 Å². The van der Waals surface area contributed by atoms with Crippen molar-refractivity contribution in [2.45, 2.75) is 19.6 Å². The monoisotopic (exact) mass is 394 g/mol. The molecule has 1 aromatic heterocycles. The third-order valence-electron chi connectivity index (χ3n) is 3.76. The molecule has 1 amide bonds. The molecule has 3 aromatic rings. The summed E-state index contributed by atoms with van der Waals surface area (Å²) >= 11 is 1.10. The standard InChI is InChI=1S/C18H13F3N2O3S/c1-10-5-6-14-13(7-10)23(9-15(24)25)17(27-14)22-16(26)11-3-2-4-12(8-11)18(19,20)21/h2-8H,9H2,1H3,(H,24,25)/b22-17-. The molecule has 0 saturated carbocycles. The third kappa shape index (κ3) is 4.08. The maximum Gasteiger partial charge on any atom is 0.416 e. The Morgan fingerprint density at radius 3 is 2.59 bits per heavy atom. The summed E-state index contributed by atoms with van der Waals surface area (Å²) in [4.78, 5) is 27.6. The van der Waals surface area contributed by atoms with E-state index in [-0.39, 0.29) is 10.4 Å². The molecule has 0 aliphatic rings. The van der Waals surface area contributed by atoms with E-state index >= 15 is 0 Å². The Morgan fingerprint density at radius 1 is 1.19 bits per heavy atom. The smallest absolute Gasteiger partial charge is 0.416 e. The Bertz CT molecular complexity index is 1110. The van der Waals surface area contributed by atoms with Gasteiger partial charge in [-0.05, 0) is 42.8 Å². The number of carboxylic acid groups (broad SMARTS) is 1. The minimum atomic E-state index is -4.57. The Labute approximate surface area is 155 Å². The van der Waals surface area contributed by atoms with Gasteiger partial charge in [-0.15, -0.1) is 0 Å². The molecule has 0 bridgehead atoms. The number of rotatable bonds is 3. The van der Waals surface area contributed by atoms with Crippen molar-refractivity contribution in [3.63, 3.8) is 0 Å². The quantitative estimate of drug-likeness (QED) is 0.733. The van der Waals surface area contributed by atoms with E-state index in [4.69, 9.17) is 5.11 Å². The van der Waals surface area contributed by atoms with Gasteiger partial charge in [0.1, 0.15) is 6.54 Å². The maximum absolute atomic E-state index is 12.8. The average Bonchev–Trinajstić information content (AvgIpc) is 2.90. The lowest BCUT2D eigenvalue weighted by Crippen LogP contribution is -2.21. The van der Waals surface area contributed by atoms with Crippen LogP contribution in [0.5, 0.6) is 0 Å². The number of aliphatic carboxylic acids is 1. The van der Waals surface area contributed by atoms with Gasteiger partial charge in [0.05, 0.1) is 15.8 Å². The second-order valence-corrected chi connectivity index (χ2v) is 6.84. The highest BCUT2D eigenvalue weighted by Gasteiger charge is 2.30. The van der Waals surface area contributed by atoms with Gasteiger partial charge < -0.3 is 9.67 Å². The molecule has 2 aromatic carbocycles. The Morgan fingerprint density at radius 2 is 1.93 bits per heavy atom. The minimum Gasteiger partial charge on any atom is -0.480 e. The van der Waals surface area contributed by atoms with E-state index in [1.54, 1.807) is 12.1 Å². The molecule has 0 radical (unpaired) electrons. The number of amides is 1. The zero-order chi connectivity index (χ0) is 19.8. The van der Waals surface area contributed by atoms with Crippen molar-refractivity contribution < 1.29 is 27.9 Å². The van der Waals surface area contributed by atoms with Crippen molar-refractivity contribution in [1.82, 2.24) is 4.57 Å². The number of aryl methyl sites for hydroxylation is 1. The molecule has 5 nitrogen and oxygen atoms in total. The molecule has 3 rings (SSSR count). The zero-order valence-electron chi connectivity index (χ0n) is 13.9. The fraction of sp³-hybridized carbons (Fsp3) is 0.167. The summed E-state index contributed by atoms with van der Waals surface area (Å²) in [7, 11) is 0. The second-order valence-electron chi connectivity index (χ2n) is 5.83. The van der Waals surface area contributed by atoms with E-state index in [9.17, 15) is 22.8 Å². The number of alkyl halides is 3. The van der Waals surface area contributed by atoms with E-state index in [1.165, 1.54) is 10.6 Å². The highest BCUT2D eigenvalue weighted by atomic mass is 32.1. The van der Waals surface area contributed by atoms with Crippen LogP contribution in [0.25, 0.3) is 10.2 Å². The number of carbonyl (C=O) groups excluding carboxylic acids is 1. The molecule has 1 N–H and O–H groups in total. The topological polar surface area (TPSA) is 71.7 Å². The van der Waals surface area contributed by atoms with E-state index < -0.39 is 30.2 Å². The molecular weight excluding hydrogens is 381 g/mol.